The van der Waals surface area contributed by atoms with Crippen LogP contribution in [-0.4, -0.2) is 53.7 Å². The minimum Gasteiger partial charge on any atom is -0.452 e. The number of para-hydroxylation sites is 1. The van der Waals surface area contributed by atoms with Gasteiger partial charge in [-0.1, -0.05) is 18.2 Å². The first-order valence-electron chi connectivity index (χ1n) is 8.41. The van der Waals surface area contributed by atoms with Crippen LogP contribution in [0.2, 0.25) is 0 Å². The van der Waals surface area contributed by atoms with Gasteiger partial charge in [0, 0.05) is 24.2 Å². The van der Waals surface area contributed by atoms with Crippen LogP contribution in [0.15, 0.2) is 30.3 Å². The summed E-state index contributed by atoms with van der Waals surface area (Å²) in [5.74, 6) is -0.713. The van der Waals surface area contributed by atoms with Gasteiger partial charge in [-0.3, -0.25) is 9.78 Å². The van der Waals surface area contributed by atoms with Crippen molar-refractivity contribution in [2.45, 2.75) is 33.0 Å². The highest BCUT2D eigenvalue weighted by molar-refractivity contribution is 6.04. The molecule has 0 saturated carbocycles. The molecule has 25 heavy (non-hydrogen) atoms. The highest BCUT2D eigenvalue weighted by Crippen LogP contribution is 2.19. The van der Waals surface area contributed by atoms with Crippen molar-refractivity contribution >= 4 is 22.8 Å². The van der Waals surface area contributed by atoms with E-state index < -0.39 is 5.97 Å². The second kappa shape index (κ2) is 7.19. The number of amides is 1. The summed E-state index contributed by atoms with van der Waals surface area (Å²) in [5, 5.41) is 0.721. The molecule has 1 aliphatic heterocycles. The summed E-state index contributed by atoms with van der Waals surface area (Å²) in [4.78, 5) is 30.9. The fourth-order valence-corrected chi connectivity index (χ4v) is 3.15. The highest BCUT2D eigenvalue weighted by atomic mass is 16.5. The van der Waals surface area contributed by atoms with Crippen molar-refractivity contribution in [2.75, 3.05) is 19.7 Å². The minimum absolute atomic E-state index is 0.0183. The molecule has 1 saturated heterocycles. The van der Waals surface area contributed by atoms with Crippen LogP contribution in [0, 0.1) is 6.92 Å². The van der Waals surface area contributed by atoms with Gasteiger partial charge in [-0.25, -0.2) is 4.79 Å². The number of hydrogen-bond acceptors (Lipinski definition) is 5. The van der Waals surface area contributed by atoms with Crippen LogP contribution in [0.3, 0.4) is 0 Å². The number of carbonyl (C=O) groups excluding carboxylic acids is 2. The molecule has 0 bridgehead atoms. The summed E-state index contributed by atoms with van der Waals surface area (Å²) in [5.41, 5.74) is 1.89. The van der Waals surface area contributed by atoms with E-state index in [2.05, 4.69) is 4.98 Å². The van der Waals surface area contributed by atoms with Crippen molar-refractivity contribution in [1.29, 1.82) is 0 Å². The molecule has 3 rings (SSSR count). The Hall–Kier alpha value is -2.47. The number of pyridine rings is 1. The molecular weight excluding hydrogens is 320 g/mol. The molecule has 1 fully saturated rings. The monoisotopic (exact) mass is 342 g/mol. The first-order valence-corrected chi connectivity index (χ1v) is 8.41. The zero-order valence-corrected chi connectivity index (χ0v) is 14.7. The van der Waals surface area contributed by atoms with Crippen molar-refractivity contribution < 1.29 is 19.1 Å². The van der Waals surface area contributed by atoms with Gasteiger partial charge in [0.15, 0.2) is 6.61 Å². The lowest BCUT2D eigenvalue weighted by atomic mass is 10.1. The molecule has 1 aliphatic rings. The zero-order valence-electron chi connectivity index (χ0n) is 14.7. The Morgan fingerprint density at radius 1 is 1.24 bits per heavy atom. The van der Waals surface area contributed by atoms with Gasteiger partial charge in [-0.15, -0.1) is 0 Å². The normalized spacial score (nSPS) is 20.5. The Balaban J connectivity index is 1.70. The van der Waals surface area contributed by atoms with Crippen LogP contribution < -0.4 is 0 Å². The van der Waals surface area contributed by atoms with E-state index in [1.807, 2.05) is 45.0 Å². The van der Waals surface area contributed by atoms with Crippen LogP contribution in [-0.2, 0) is 14.3 Å². The van der Waals surface area contributed by atoms with Crippen molar-refractivity contribution in [3.05, 3.63) is 41.6 Å². The van der Waals surface area contributed by atoms with Gasteiger partial charge < -0.3 is 14.4 Å². The van der Waals surface area contributed by atoms with Gasteiger partial charge in [0.1, 0.15) is 0 Å². The Morgan fingerprint density at radius 3 is 2.64 bits per heavy atom. The number of ether oxygens (including phenoxy) is 2. The predicted molar refractivity (Wildman–Crippen MR) is 93.4 cm³/mol. The van der Waals surface area contributed by atoms with Crippen molar-refractivity contribution in [2.24, 2.45) is 0 Å². The van der Waals surface area contributed by atoms with Crippen molar-refractivity contribution in [1.82, 2.24) is 9.88 Å². The number of hydrogen-bond donors (Lipinski definition) is 0. The molecule has 6 nitrogen and oxygen atoms in total. The molecular formula is C19H22N2O4. The Labute approximate surface area is 146 Å². The van der Waals surface area contributed by atoms with E-state index in [-0.39, 0.29) is 24.7 Å². The smallest absolute Gasteiger partial charge is 0.339 e. The van der Waals surface area contributed by atoms with Crippen molar-refractivity contribution in [3.8, 4) is 0 Å². The van der Waals surface area contributed by atoms with Gasteiger partial charge in [-0.05, 0) is 32.9 Å². The maximum absolute atomic E-state index is 12.5. The summed E-state index contributed by atoms with van der Waals surface area (Å²) < 4.78 is 10.9. The second-order valence-corrected chi connectivity index (χ2v) is 6.46. The molecule has 2 atom stereocenters. The predicted octanol–water partition coefficient (Wildman–Crippen LogP) is 2.34. The number of benzene rings is 1. The van der Waals surface area contributed by atoms with E-state index >= 15 is 0 Å². The molecule has 2 aromatic rings. The number of esters is 1. The lowest BCUT2D eigenvalue weighted by molar-refractivity contribution is -0.146. The van der Waals surface area contributed by atoms with Crippen LogP contribution in [0.1, 0.15) is 29.9 Å². The molecule has 0 unspecified atom stereocenters. The maximum Gasteiger partial charge on any atom is 0.339 e. The first kappa shape index (κ1) is 17.4. The molecule has 132 valence electrons. The van der Waals surface area contributed by atoms with Crippen LogP contribution in [0.5, 0.6) is 0 Å². The lowest BCUT2D eigenvalue weighted by Gasteiger charge is -2.35. The summed E-state index contributed by atoms with van der Waals surface area (Å²) >= 11 is 0. The summed E-state index contributed by atoms with van der Waals surface area (Å²) in [6.07, 6.45) is -0.0367. The molecule has 1 aromatic carbocycles. The minimum atomic E-state index is -0.510. The molecule has 0 aliphatic carbocycles. The number of morpholine rings is 1. The third-order valence-corrected chi connectivity index (χ3v) is 4.16. The maximum atomic E-state index is 12.5. The summed E-state index contributed by atoms with van der Waals surface area (Å²) in [6, 6.07) is 9.08. The van der Waals surface area contributed by atoms with E-state index in [4.69, 9.17) is 9.47 Å². The number of aromatic nitrogens is 1. The van der Waals surface area contributed by atoms with E-state index in [0.717, 1.165) is 16.6 Å². The topological polar surface area (TPSA) is 68.7 Å². The zero-order chi connectivity index (χ0) is 18.0. The van der Waals surface area contributed by atoms with Crippen LogP contribution in [0.25, 0.3) is 10.9 Å². The molecule has 6 heteroatoms. The molecule has 0 spiro atoms. The van der Waals surface area contributed by atoms with E-state index in [1.54, 1.807) is 11.0 Å². The third kappa shape index (κ3) is 3.96. The summed E-state index contributed by atoms with van der Waals surface area (Å²) in [7, 11) is 0. The van der Waals surface area contributed by atoms with Gasteiger partial charge in [-0.2, -0.15) is 0 Å². The van der Waals surface area contributed by atoms with Gasteiger partial charge in [0.05, 0.1) is 23.3 Å². The highest BCUT2D eigenvalue weighted by Gasteiger charge is 2.26. The van der Waals surface area contributed by atoms with Crippen LogP contribution in [0.4, 0.5) is 0 Å². The molecule has 2 heterocycles. The quantitative estimate of drug-likeness (QED) is 0.801. The largest absolute Gasteiger partial charge is 0.452 e. The number of rotatable bonds is 3. The Bertz CT molecular complexity index is 795. The van der Waals surface area contributed by atoms with Gasteiger partial charge in [0.25, 0.3) is 5.91 Å². The number of carbonyl (C=O) groups is 2. The van der Waals surface area contributed by atoms with E-state index in [0.29, 0.717) is 18.7 Å². The number of nitrogens with zero attached hydrogens (tertiary/aromatic N) is 2. The fourth-order valence-electron chi connectivity index (χ4n) is 3.15. The van der Waals surface area contributed by atoms with Crippen molar-refractivity contribution in [3.63, 3.8) is 0 Å². The molecule has 1 amide bonds. The van der Waals surface area contributed by atoms with Gasteiger partial charge >= 0.3 is 5.97 Å². The van der Waals surface area contributed by atoms with Crippen LogP contribution >= 0.6 is 0 Å². The molecule has 0 radical (unpaired) electrons. The van der Waals surface area contributed by atoms with E-state index in [9.17, 15) is 9.59 Å². The second-order valence-electron chi connectivity index (χ2n) is 6.46. The lowest BCUT2D eigenvalue weighted by Crippen LogP contribution is -2.49. The summed E-state index contributed by atoms with van der Waals surface area (Å²) in [6.45, 7) is 6.43. The van der Waals surface area contributed by atoms with Gasteiger partial charge in [0.2, 0.25) is 0 Å². The van der Waals surface area contributed by atoms with E-state index in [1.165, 1.54) is 0 Å². The first-order chi connectivity index (χ1) is 11.9. The number of fused-ring (bicyclic) bond motifs is 1. The third-order valence-electron chi connectivity index (χ3n) is 4.16. The fraction of sp³-hybridized carbons (Fsp3) is 0.421. The average molecular weight is 342 g/mol. The molecule has 0 N–H and O–H groups in total. The Kier molecular flexibility index (Phi) is 4.99. The standard InChI is InChI=1S/C19H22N2O4/c1-12-8-16(15-6-4-5-7-17(15)20-12)19(23)24-11-18(22)21-9-13(2)25-14(3)10-21/h4-8,13-14H,9-11H2,1-3H3/t13-,14-/m0/s1. The Morgan fingerprint density at radius 2 is 1.92 bits per heavy atom. The SMILES string of the molecule is Cc1cc(C(=O)OCC(=O)N2C[C@H](C)O[C@@H](C)C2)c2ccccc2n1. The average Bonchev–Trinajstić information content (AvgIpc) is 2.57. The number of aryl methyl sites for hydroxylation is 1. The molecule has 1 aromatic heterocycles.